The molecule has 2 aromatic heterocycles. The Kier molecular flexibility index (Phi) is 4.06. The van der Waals surface area contributed by atoms with Gasteiger partial charge in [0.25, 0.3) is 5.91 Å². The lowest BCUT2D eigenvalue weighted by atomic mass is 9.89. The van der Waals surface area contributed by atoms with Gasteiger partial charge < -0.3 is 16.0 Å². The Labute approximate surface area is 164 Å². The smallest absolute Gasteiger partial charge is 0.271 e. The van der Waals surface area contributed by atoms with Gasteiger partial charge in [-0.2, -0.15) is 0 Å². The highest BCUT2D eigenvalue weighted by molar-refractivity contribution is 7.15. The average molecular weight is 408 g/mol. The van der Waals surface area contributed by atoms with Gasteiger partial charge in [-0.1, -0.05) is 11.6 Å². The summed E-state index contributed by atoms with van der Waals surface area (Å²) in [6.45, 7) is 1.71. The van der Waals surface area contributed by atoms with E-state index in [0.717, 1.165) is 36.6 Å². The molecular formula is C17H18ClN5OS2. The molecule has 0 spiro atoms. The molecule has 9 heteroatoms. The molecule has 1 amide bonds. The molecule has 3 saturated heterocycles. The number of halogens is 1. The first-order chi connectivity index (χ1) is 12.7. The summed E-state index contributed by atoms with van der Waals surface area (Å²) in [5.74, 6) is -0.147. The van der Waals surface area contributed by atoms with Crippen LogP contribution in [0.3, 0.4) is 0 Å². The summed E-state index contributed by atoms with van der Waals surface area (Å²) in [5, 5.41) is 14.8. The number of nitrogens with zero attached hydrogens (tertiary/aromatic N) is 2. The first kappa shape index (κ1) is 16.7. The molecule has 6 heterocycles. The maximum absolute atomic E-state index is 13.5. The van der Waals surface area contributed by atoms with E-state index < -0.39 is 5.66 Å². The summed E-state index contributed by atoms with van der Waals surface area (Å²) < 4.78 is 0.583. The molecule has 4 aliphatic rings. The Morgan fingerprint density at radius 1 is 1.35 bits per heavy atom. The third-order valence-corrected chi connectivity index (χ3v) is 7.34. The number of hydrogen-bond donors (Lipinski definition) is 3. The molecular weight excluding hydrogens is 390 g/mol. The van der Waals surface area contributed by atoms with E-state index in [4.69, 9.17) is 11.6 Å². The minimum Gasteiger partial charge on any atom is -0.352 e. The van der Waals surface area contributed by atoms with Crippen molar-refractivity contribution in [3.05, 3.63) is 27.2 Å². The molecule has 6 rings (SSSR count). The molecule has 26 heavy (non-hydrogen) atoms. The largest absolute Gasteiger partial charge is 0.352 e. The number of anilines is 2. The van der Waals surface area contributed by atoms with E-state index in [-0.39, 0.29) is 5.91 Å². The zero-order chi connectivity index (χ0) is 17.7. The van der Waals surface area contributed by atoms with Gasteiger partial charge in [0.1, 0.15) is 9.34 Å². The lowest BCUT2D eigenvalue weighted by molar-refractivity contribution is -0.126. The van der Waals surface area contributed by atoms with Crippen molar-refractivity contribution < 1.29 is 4.79 Å². The van der Waals surface area contributed by atoms with Crippen LogP contribution >= 0.6 is 34.3 Å². The number of carbonyl (C=O) groups excluding carboxylic acids is 1. The SMILES string of the molecule is O=C(Nc1ccsc1Cl)C1(N2C[C@@H]3CC[C@H]2CN3)C=Nc2sccc2N1. The third-order valence-electron chi connectivity index (χ3n) is 5.35. The van der Waals surface area contributed by atoms with Crippen molar-refractivity contribution in [2.24, 2.45) is 4.99 Å². The molecule has 0 saturated carbocycles. The monoisotopic (exact) mass is 407 g/mol. The Morgan fingerprint density at radius 2 is 2.23 bits per heavy atom. The predicted molar refractivity (Wildman–Crippen MR) is 108 cm³/mol. The van der Waals surface area contributed by atoms with Gasteiger partial charge in [0.15, 0.2) is 0 Å². The van der Waals surface area contributed by atoms with Gasteiger partial charge in [0, 0.05) is 25.2 Å². The van der Waals surface area contributed by atoms with Crippen LogP contribution in [0.15, 0.2) is 27.9 Å². The molecule has 3 fully saturated rings. The van der Waals surface area contributed by atoms with Crippen LogP contribution in [0.1, 0.15) is 12.8 Å². The normalized spacial score (nSPS) is 30.0. The molecule has 2 aromatic rings. The lowest BCUT2D eigenvalue weighted by Gasteiger charge is -2.53. The van der Waals surface area contributed by atoms with Crippen LogP contribution in [-0.2, 0) is 4.79 Å². The first-order valence-electron chi connectivity index (χ1n) is 8.61. The number of amides is 1. The standard InChI is InChI=1S/C17H18ClN5OS2/c18-14-12(3-5-25-14)21-16(24)17(9-20-15-13(22-17)4-6-26-15)23-8-10-1-2-11(23)7-19-10/h3-6,9-11,19,22H,1-2,7-8H2,(H,21,24)/t10-,11-,17?/m0/s1. The molecule has 3 N–H and O–H groups in total. The molecule has 2 bridgehead atoms. The topological polar surface area (TPSA) is 68.8 Å². The molecule has 1 unspecified atom stereocenters. The molecule has 0 radical (unpaired) electrons. The number of rotatable bonds is 3. The Hall–Kier alpha value is -1.45. The summed E-state index contributed by atoms with van der Waals surface area (Å²) >= 11 is 9.18. The fraction of sp³-hybridized carbons (Fsp3) is 0.412. The highest BCUT2D eigenvalue weighted by Gasteiger charge is 2.51. The second-order valence-corrected chi connectivity index (χ2v) is 9.25. The minimum absolute atomic E-state index is 0.147. The van der Waals surface area contributed by atoms with Gasteiger partial charge in [0.2, 0.25) is 5.66 Å². The highest BCUT2D eigenvalue weighted by atomic mass is 35.5. The molecule has 6 nitrogen and oxygen atoms in total. The summed E-state index contributed by atoms with van der Waals surface area (Å²) in [7, 11) is 0. The van der Waals surface area contributed by atoms with Gasteiger partial charge in [-0.3, -0.25) is 9.69 Å². The van der Waals surface area contributed by atoms with Crippen LogP contribution in [0.25, 0.3) is 0 Å². The van der Waals surface area contributed by atoms with Crippen molar-refractivity contribution >= 4 is 62.8 Å². The zero-order valence-electron chi connectivity index (χ0n) is 13.9. The van der Waals surface area contributed by atoms with Gasteiger partial charge in [-0.25, -0.2) is 4.99 Å². The van der Waals surface area contributed by atoms with Gasteiger partial charge >= 0.3 is 0 Å². The second-order valence-electron chi connectivity index (χ2n) is 6.84. The van der Waals surface area contributed by atoms with Gasteiger partial charge in [-0.15, -0.1) is 22.7 Å². The van der Waals surface area contributed by atoms with E-state index >= 15 is 0 Å². The summed E-state index contributed by atoms with van der Waals surface area (Å²) in [4.78, 5) is 20.3. The van der Waals surface area contributed by atoms with Crippen molar-refractivity contribution in [3.63, 3.8) is 0 Å². The average Bonchev–Trinajstić information content (AvgIpc) is 3.30. The molecule has 3 atom stereocenters. The highest BCUT2D eigenvalue weighted by Crippen LogP contribution is 2.40. The zero-order valence-corrected chi connectivity index (χ0v) is 16.3. The van der Waals surface area contributed by atoms with Crippen molar-refractivity contribution in [2.75, 3.05) is 23.7 Å². The van der Waals surface area contributed by atoms with Crippen molar-refractivity contribution in [1.82, 2.24) is 10.2 Å². The van der Waals surface area contributed by atoms with Crippen LogP contribution < -0.4 is 16.0 Å². The number of fused-ring (bicyclic) bond motifs is 4. The number of nitrogens with one attached hydrogen (secondary N) is 3. The van der Waals surface area contributed by atoms with Crippen LogP contribution in [-0.4, -0.2) is 47.9 Å². The fourth-order valence-corrected chi connectivity index (χ4v) is 5.54. The van der Waals surface area contributed by atoms with Crippen LogP contribution in [0, 0.1) is 0 Å². The summed E-state index contributed by atoms with van der Waals surface area (Å²) in [6.07, 6.45) is 4.00. The quantitative estimate of drug-likeness (QED) is 0.729. The van der Waals surface area contributed by atoms with Crippen molar-refractivity contribution in [3.8, 4) is 0 Å². The predicted octanol–water partition coefficient (Wildman–Crippen LogP) is 3.36. The van der Waals surface area contributed by atoms with E-state index in [0.29, 0.717) is 22.1 Å². The number of hydrogen-bond acceptors (Lipinski definition) is 7. The Balaban J connectivity index is 1.53. The maximum atomic E-state index is 13.5. The molecule has 0 aromatic carbocycles. The third kappa shape index (κ3) is 2.59. The van der Waals surface area contributed by atoms with Crippen LogP contribution in [0.4, 0.5) is 16.4 Å². The molecule has 4 aliphatic heterocycles. The molecule has 0 aliphatic carbocycles. The van der Waals surface area contributed by atoms with E-state index in [2.05, 4.69) is 25.8 Å². The van der Waals surface area contributed by atoms with E-state index in [9.17, 15) is 4.79 Å². The van der Waals surface area contributed by atoms with E-state index in [1.165, 1.54) is 11.3 Å². The number of piperazine rings is 1. The Morgan fingerprint density at radius 3 is 2.92 bits per heavy atom. The number of aliphatic imine (C=N–C) groups is 1. The minimum atomic E-state index is -1.01. The summed E-state index contributed by atoms with van der Waals surface area (Å²) in [5.41, 5.74) is 0.538. The van der Waals surface area contributed by atoms with E-state index in [1.807, 2.05) is 22.9 Å². The van der Waals surface area contributed by atoms with Crippen LogP contribution in [0.5, 0.6) is 0 Å². The maximum Gasteiger partial charge on any atom is 0.271 e. The summed E-state index contributed by atoms with van der Waals surface area (Å²) in [6, 6.07) is 4.52. The van der Waals surface area contributed by atoms with Crippen molar-refractivity contribution in [2.45, 2.75) is 30.6 Å². The Bertz CT molecular complexity index is 872. The number of piperidine rings is 2. The fourth-order valence-electron chi connectivity index (χ4n) is 4.02. The van der Waals surface area contributed by atoms with Crippen LogP contribution in [0.2, 0.25) is 4.34 Å². The van der Waals surface area contributed by atoms with Gasteiger partial charge in [0.05, 0.1) is 17.6 Å². The number of carbonyl (C=O) groups is 1. The van der Waals surface area contributed by atoms with Gasteiger partial charge in [-0.05, 0) is 35.7 Å². The van der Waals surface area contributed by atoms with Crippen molar-refractivity contribution in [1.29, 1.82) is 0 Å². The molecule has 136 valence electrons. The number of thiophene rings is 2. The second kappa shape index (κ2) is 6.31. The van der Waals surface area contributed by atoms with E-state index in [1.54, 1.807) is 17.6 Å². The first-order valence-corrected chi connectivity index (χ1v) is 10.7. The lowest BCUT2D eigenvalue weighted by Crippen LogP contribution is -2.74.